The number of carbonyl (C=O) groups is 2. The first kappa shape index (κ1) is 17.9. The van der Waals surface area contributed by atoms with E-state index in [9.17, 15) is 14.0 Å². The Labute approximate surface area is 148 Å². The molecule has 1 aromatic carbocycles. The van der Waals surface area contributed by atoms with Gasteiger partial charge in [0, 0.05) is 12.2 Å². The Balaban J connectivity index is 1.37. The van der Waals surface area contributed by atoms with Gasteiger partial charge in [-0.25, -0.2) is 4.39 Å². The number of halogens is 1. The molecule has 1 aliphatic heterocycles. The zero-order valence-electron chi connectivity index (χ0n) is 14.5. The molecule has 1 aliphatic carbocycles. The third-order valence-electron chi connectivity index (χ3n) is 5.32. The van der Waals surface area contributed by atoms with Crippen molar-refractivity contribution in [1.82, 2.24) is 10.2 Å². The van der Waals surface area contributed by atoms with Gasteiger partial charge in [-0.1, -0.05) is 19.3 Å². The van der Waals surface area contributed by atoms with Gasteiger partial charge < -0.3 is 10.6 Å². The minimum Gasteiger partial charge on any atom is -0.346 e. The van der Waals surface area contributed by atoms with E-state index in [1.54, 1.807) is 0 Å². The molecule has 1 heterocycles. The summed E-state index contributed by atoms with van der Waals surface area (Å²) in [6, 6.07) is 5.54. The smallest absolute Gasteiger partial charge is 0.243 e. The van der Waals surface area contributed by atoms with Crippen LogP contribution in [0.25, 0.3) is 0 Å². The van der Waals surface area contributed by atoms with Crippen molar-refractivity contribution in [2.45, 2.75) is 32.1 Å². The lowest BCUT2D eigenvalue weighted by atomic mass is 9.75. The highest BCUT2D eigenvalue weighted by Crippen LogP contribution is 2.35. The number of likely N-dealkylation sites (tertiary alicyclic amines) is 1. The number of piperidine rings is 1. The van der Waals surface area contributed by atoms with E-state index < -0.39 is 0 Å². The second-order valence-corrected chi connectivity index (χ2v) is 7.16. The lowest BCUT2D eigenvalue weighted by Gasteiger charge is -2.41. The van der Waals surface area contributed by atoms with E-state index in [-0.39, 0.29) is 24.2 Å². The van der Waals surface area contributed by atoms with E-state index in [0.717, 1.165) is 24.9 Å². The molecule has 2 amide bonds. The number of anilines is 1. The van der Waals surface area contributed by atoms with Crippen LogP contribution in [0.4, 0.5) is 10.1 Å². The number of carbonyl (C=O) groups excluding carboxylic acids is 2. The molecule has 2 fully saturated rings. The molecule has 136 valence electrons. The first-order valence-corrected chi connectivity index (χ1v) is 9.14. The van der Waals surface area contributed by atoms with Crippen molar-refractivity contribution in [3.63, 3.8) is 0 Å². The highest BCUT2D eigenvalue weighted by Gasteiger charge is 2.31. The van der Waals surface area contributed by atoms with E-state index >= 15 is 0 Å². The number of amides is 2. The van der Waals surface area contributed by atoms with Crippen molar-refractivity contribution in [3.05, 3.63) is 30.1 Å². The number of rotatable bonds is 5. The summed E-state index contributed by atoms with van der Waals surface area (Å²) in [6.07, 6.45) is 6.47. The van der Waals surface area contributed by atoms with Crippen molar-refractivity contribution in [2.24, 2.45) is 11.8 Å². The predicted octanol–water partition coefficient (Wildman–Crippen LogP) is 2.39. The molecule has 0 aromatic heterocycles. The maximum atomic E-state index is 12.8. The number of hydrogen-bond acceptors (Lipinski definition) is 3. The Hall–Kier alpha value is -1.95. The standard InChI is InChI=1S/C19H26FN3O2/c20-16-5-7-17(8-6-16)22-18(24)11-21-19(25)13-23-10-9-14-3-1-2-4-15(14)12-23/h5-8,14-15H,1-4,9-13H2,(H,21,25)(H,22,24)/t14-,15-/m1/s1. The predicted molar refractivity (Wildman–Crippen MR) is 94.5 cm³/mol. The van der Waals surface area contributed by atoms with Crippen LogP contribution >= 0.6 is 0 Å². The van der Waals surface area contributed by atoms with E-state index in [1.807, 2.05) is 0 Å². The third kappa shape index (κ3) is 5.26. The zero-order valence-corrected chi connectivity index (χ0v) is 14.5. The fourth-order valence-electron chi connectivity index (χ4n) is 4.00. The number of fused-ring (bicyclic) bond motifs is 1. The van der Waals surface area contributed by atoms with Crippen LogP contribution in [0.15, 0.2) is 24.3 Å². The summed E-state index contributed by atoms with van der Waals surface area (Å²) in [5.74, 6) is 0.786. The normalized spacial score (nSPS) is 23.6. The lowest BCUT2D eigenvalue weighted by molar-refractivity contribution is -0.125. The van der Waals surface area contributed by atoms with Gasteiger partial charge in [-0.3, -0.25) is 14.5 Å². The summed E-state index contributed by atoms with van der Waals surface area (Å²) >= 11 is 0. The van der Waals surface area contributed by atoms with Gasteiger partial charge in [-0.2, -0.15) is 0 Å². The molecule has 0 spiro atoms. The number of nitrogens with zero attached hydrogens (tertiary/aromatic N) is 1. The van der Waals surface area contributed by atoms with E-state index in [1.165, 1.54) is 56.4 Å². The SMILES string of the molecule is O=C(CN1CC[C@H]2CCCC[C@@H]2C1)NCC(=O)Nc1ccc(F)cc1. The maximum Gasteiger partial charge on any atom is 0.243 e. The van der Waals surface area contributed by atoms with Gasteiger partial charge in [0.25, 0.3) is 0 Å². The Morgan fingerprint density at radius 2 is 1.76 bits per heavy atom. The van der Waals surface area contributed by atoms with Crippen LogP contribution in [-0.2, 0) is 9.59 Å². The largest absolute Gasteiger partial charge is 0.346 e. The van der Waals surface area contributed by atoms with Crippen molar-refractivity contribution >= 4 is 17.5 Å². The average molecular weight is 347 g/mol. The van der Waals surface area contributed by atoms with Crippen LogP contribution < -0.4 is 10.6 Å². The highest BCUT2D eigenvalue weighted by molar-refractivity contribution is 5.94. The van der Waals surface area contributed by atoms with Gasteiger partial charge in [0.15, 0.2) is 0 Å². The Kier molecular flexibility index (Phi) is 6.02. The summed E-state index contributed by atoms with van der Waals surface area (Å²) in [5, 5.41) is 5.30. The van der Waals surface area contributed by atoms with E-state index in [4.69, 9.17) is 0 Å². The molecule has 1 saturated carbocycles. The van der Waals surface area contributed by atoms with Crippen molar-refractivity contribution in [1.29, 1.82) is 0 Å². The molecule has 5 nitrogen and oxygen atoms in total. The molecule has 2 atom stereocenters. The molecule has 0 radical (unpaired) electrons. The van der Waals surface area contributed by atoms with Crippen molar-refractivity contribution in [2.75, 3.05) is 31.5 Å². The topological polar surface area (TPSA) is 61.4 Å². The summed E-state index contributed by atoms with van der Waals surface area (Å²) in [5.41, 5.74) is 0.514. The summed E-state index contributed by atoms with van der Waals surface area (Å²) in [6.45, 7) is 2.25. The van der Waals surface area contributed by atoms with Crippen LogP contribution in [0.3, 0.4) is 0 Å². The summed E-state index contributed by atoms with van der Waals surface area (Å²) < 4.78 is 12.8. The van der Waals surface area contributed by atoms with Gasteiger partial charge in [0.2, 0.25) is 11.8 Å². The summed E-state index contributed by atoms with van der Waals surface area (Å²) in [4.78, 5) is 26.1. The average Bonchev–Trinajstić information content (AvgIpc) is 2.62. The number of nitrogens with one attached hydrogen (secondary N) is 2. The van der Waals surface area contributed by atoms with Crippen molar-refractivity contribution < 1.29 is 14.0 Å². The molecule has 25 heavy (non-hydrogen) atoms. The van der Waals surface area contributed by atoms with Gasteiger partial charge in [0.1, 0.15) is 5.82 Å². The highest BCUT2D eigenvalue weighted by atomic mass is 19.1. The molecule has 0 unspecified atom stereocenters. The molecular weight excluding hydrogens is 321 g/mol. The molecule has 6 heteroatoms. The summed E-state index contributed by atoms with van der Waals surface area (Å²) in [7, 11) is 0. The Morgan fingerprint density at radius 1 is 1.04 bits per heavy atom. The lowest BCUT2D eigenvalue weighted by Crippen LogP contribution is -2.47. The van der Waals surface area contributed by atoms with Crippen LogP contribution in [-0.4, -0.2) is 42.9 Å². The molecular formula is C19H26FN3O2. The van der Waals surface area contributed by atoms with Crippen molar-refractivity contribution in [3.8, 4) is 0 Å². The molecule has 2 N–H and O–H groups in total. The fourth-order valence-corrected chi connectivity index (χ4v) is 4.00. The van der Waals surface area contributed by atoms with Gasteiger partial charge in [-0.15, -0.1) is 0 Å². The number of hydrogen-bond donors (Lipinski definition) is 2. The van der Waals surface area contributed by atoms with E-state index in [2.05, 4.69) is 15.5 Å². The van der Waals surface area contributed by atoms with Crippen LogP contribution in [0, 0.1) is 17.7 Å². The first-order chi connectivity index (χ1) is 12.1. The van der Waals surface area contributed by atoms with Crippen LogP contribution in [0.5, 0.6) is 0 Å². The Morgan fingerprint density at radius 3 is 2.52 bits per heavy atom. The maximum absolute atomic E-state index is 12.8. The molecule has 3 rings (SSSR count). The number of benzene rings is 1. The Bertz CT molecular complexity index is 605. The first-order valence-electron chi connectivity index (χ1n) is 9.14. The molecule has 1 saturated heterocycles. The van der Waals surface area contributed by atoms with Crippen LogP contribution in [0.1, 0.15) is 32.1 Å². The van der Waals surface area contributed by atoms with Gasteiger partial charge in [0.05, 0.1) is 13.1 Å². The second-order valence-electron chi connectivity index (χ2n) is 7.16. The van der Waals surface area contributed by atoms with Gasteiger partial charge >= 0.3 is 0 Å². The van der Waals surface area contributed by atoms with Crippen LogP contribution in [0.2, 0.25) is 0 Å². The minimum absolute atomic E-state index is 0.0733. The fraction of sp³-hybridized carbons (Fsp3) is 0.579. The quantitative estimate of drug-likeness (QED) is 0.860. The van der Waals surface area contributed by atoms with E-state index in [0.29, 0.717) is 12.2 Å². The third-order valence-corrected chi connectivity index (χ3v) is 5.32. The molecule has 1 aromatic rings. The molecule has 2 aliphatic rings. The zero-order chi connectivity index (χ0) is 17.6. The van der Waals surface area contributed by atoms with Gasteiger partial charge in [-0.05, 0) is 55.5 Å². The minimum atomic E-state index is -0.354. The monoisotopic (exact) mass is 347 g/mol. The second kappa shape index (κ2) is 8.43. The molecule has 0 bridgehead atoms.